The van der Waals surface area contributed by atoms with E-state index in [4.69, 9.17) is 23.2 Å². The molecule has 0 unspecified atom stereocenters. The fourth-order valence-electron chi connectivity index (χ4n) is 1.74. The molecular weight excluding hydrogens is 275 g/mol. The largest absolute Gasteiger partial charge is 0.232 e. The lowest BCUT2D eigenvalue weighted by Crippen LogP contribution is -2.01. The molecule has 2 rings (SSSR count). The molecule has 90 valence electrons. The van der Waals surface area contributed by atoms with Crippen LogP contribution >= 0.6 is 34.5 Å². The molecule has 0 N–H and O–H groups in total. The lowest BCUT2D eigenvalue weighted by Gasteiger charge is -2.11. The van der Waals surface area contributed by atoms with Gasteiger partial charge in [0.25, 0.3) is 0 Å². The van der Waals surface area contributed by atoms with Gasteiger partial charge in [-0.15, -0.1) is 11.3 Å². The summed E-state index contributed by atoms with van der Waals surface area (Å²) in [5.41, 5.74) is 1.94. The SMILES string of the molecule is Cc1nc(-c2cc(Cl)cs2)nc(Cl)c1C(C)C. The topological polar surface area (TPSA) is 25.8 Å². The van der Waals surface area contributed by atoms with Crippen molar-refractivity contribution in [2.45, 2.75) is 26.7 Å². The van der Waals surface area contributed by atoms with Gasteiger partial charge in [0.15, 0.2) is 5.82 Å². The molecule has 2 heterocycles. The molecule has 2 aromatic heterocycles. The summed E-state index contributed by atoms with van der Waals surface area (Å²) in [6, 6.07) is 1.85. The first-order valence-electron chi connectivity index (χ1n) is 5.27. The fraction of sp³-hybridized carbons (Fsp3) is 0.333. The highest BCUT2D eigenvalue weighted by atomic mass is 35.5. The van der Waals surface area contributed by atoms with E-state index in [9.17, 15) is 0 Å². The van der Waals surface area contributed by atoms with E-state index in [0.717, 1.165) is 16.1 Å². The number of nitrogens with zero attached hydrogens (tertiary/aromatic N) is 2. The van der Waals surface area contributed by atoms with E-state index < -0.39 is 0 Å². The Morgan fingerprint density at radius 1 is 1.24 bits per heavy atom. The second-order valence-electron chi connectivity index (χ2n) is 4.12. The summed E-state index contributed by atoms with van der Waals surface area (Å²) in [4.78, 5) is 9.78. The molecule has 0 aliphatic heterocycles. The fourth-order valence-corrected chi connectivity index (χ4v) is 3.18. The van der Waals surface area contributed by atoms with E-state index in [1.54, 1.807) is 0 Å². The lowest BCUT2D eigenvalue weighted by molar-refractivity contribution is 0.831. The zero-order valence-electron chi connectivity index (χ0n) is 9.79. The Kier molecular flexibility index (Phi) is 3.71. The maximum atomic E-state index is 6.21. The van der Waals surface area contributed by atoms with Crippen molar-refractivity contribution in [1.82, 2.24) is 9.97 Å². The van der Waals surface area contributed by atoms with Crippen LogP contribution in [-0.2, 0) is 0 Å². The van der Waals surface area contributed by atoms with Crippen LogP contribution in [0.2, 0.25) is 10.2 Å². The molecule has 0 bridgehead atoms. The van der Waals surface area contributed by atoms with Crippen LogP contribution in [0.25, 0.3) is 10.7 Å². The Morgan fingerprint density at radius 3 is 2.41 bits per heavy atom. The van der Waals surface area contributed by atoms with Crippen molar-refractivity contribution in [3.05, 3.63) is 32.9 Å². The van der Waals surface area contributed by atoms with Gasteiger partial charge in [-0.25, -0.2) is 9.97 Å². The lowest BCUT2D eigenvalue weighted by atomic mass is 10.0. The Bertz CT molecular complexity index is 526. The summed E-state index contributed by atoms with van der Waals surface area (Å²) >= 11 is 13.6. The summed E-state index contributed by atoms with van der Waals surface area (Å²) in [6.07, 6.45) is 0. The number of rotatable bonds is 2. The first kappa shape index (κ1) is 12.8. The third kappa shape index (κ3) is 2.62. The second kappa shape index (κ2) is 4.92. The van der Waals surface area contributed by atoms with Gasteiger partial charge in [0.1, 0.15) is 5.15 Å². The van der Waals surface area contributed by atoms with E-state index in [-0.39, 0.29) is 0 Å². The maximum Gasteiger partial charge on any atom is 0.171 e. The zero-order valence-corrected chi connectivity index (χ0v) is 12.1. The average Bonchev–Trinajstić information content (AvgIpc) is 2.63. The van der Waals surface area contributed by atoms with Crippen molar-refractivity contribution in [2.24, 2.45) is 0 Å². The van der Waals surface area contributed by atoms with Crippen molar-refractivity contribution in [2.75, 3.05) is 0 Å². The molecule has 0 saturated heterocycles. The van der Waals surface area contributed by atoms with Gasteiger partial charge < -0.3 is 0 Å². The van der Waals surface area contributed by atoms with E-state index in [2.05, 4.69) is 23.8 Å². The molecule has 0 fully saturated rings. The van der Waals surface area contributed by atoms with Gasteiger partial charge in [0.05, 0.1) is 9.90 Å². The number of halogens is 2. The number of aromatic nitrogens is 2. The van der Waals surface area contributed by atoms with Crippen LogP contribution in [0.4, 0.5) is 0 Å². The van der Waals surface area contributed by atoms with E-state index >= 15 is 0 Å². The third-order valence-corrected chi connectivity index (χ3v) is 4.02. The predicted octanol–water partition coefficient (Wildman–Crippen LogP) is 4.94. The van der Waals surface area contributed by atoms with Gasteiger partial charge in [-0.3, -0.25) is 0 Å². The van der Waals surface area contributed by atoms with E-state index in [0.29, 0.717) is 21.9 Å². The Hall–Kier alpha value is -0.640. The first-order chi connectivity index (χ1) is 7.99. The normalized spacial score (nSPS) is 11.2. The molecular formula is C12H12Cl2N2S. The highest BCUT2D eigenvalue weighted by Crippen LogP contribution is 2.31. The van der Waals surface area contributed by atoms with Gasteiger partial charge >= 0.3 is 0 Å². The summed E-state index contributed by atoms with van der Waals surface area (Å²) < 4.78 is 0. The van der Waals surface area contributed by atoms with Gasteiger partial charge in [-0.05, 0) is 18.9 Å². The van der Waals surface area contributed by atoms with Crippen LogP contribution in [0, 0.1) is 6.92 Å². The molecule has 0 saturated carbocycles. The first-order valence-corrected chi connectivity index (χ1v) is 6.91. The molecule has 0 aromatic carbocycles. The number of hydrogen-bond donors (Lipinski definition) is 0. The predicted molar refractivity (Wildman–Crippen MR) is 74.2 cm³/mol. The van der Waals surface area contributed by atoms with Crippen LogP contribution in [0.15, 0.2) is 11.4 Å². The van der Waals surface area contributed by atoms with Gasteiger partial charge in [-0.2, -0.15) is 0 Å². The van der Waals surface area contributed by atoms with Crippen molar-refractivity contribution >= 4 is 34.5 Å². The molecule has 0 atom stereocenters. The molecule has 0 aliphatic rings. The van der Waals surface area contributed by atoms with Crippen LogP contribution in [0.1, 0.15) is 31.0 Å². The van der Waals surface area contributed by atoms with Crippen molar-refractivity contribution in [3.8, 4) is 10.7 Å². The second-order valence-corrected chi connectivity index (χ2v) is 5.83. The number of thiophene rings is 1. The summed E-state index contributed by atoms with van der Waals surface area (Å²) in [5, 5.41) is 3.10. The number of aryl methyl sites for hydroxylation is 1. The standard InChI is InChI=1S/C12H12Cl2N2S/c1-6(2)10-7(3)15-12(16-11(10)14)9-4-8(13)5-17-9/h4-6H,1-3H3. The van der Waals surface area contributed by atoms with Crippen LogP contribution in [0.5, 0.6) is 0 Å². The van der Waals surface area contributed by atoms with Crippen LogP contribution in [-0.4, -0.2) is 9.97 Å². The van der Waals surface area contributed by atoms with Gasteiger partial charge in [-0.1, -0.05) is 37.0 Å². The van der Waals surface area contributed by atoms with Crippen molar-refractivity contribution < 1.29 is 0 Å². The summed E-state index contributed by atoms with van der Waals surface area (Å²) in [6.45, 7) is 6.13. The minimum atomic E-state index is 0.323. The smallest absolute Gasteiger partial charge is 0.171 e. The summed E-state index contributed by atoms with van der Waals surface area (Å²) in [7, 11) is 0. The molecule has 0 spiro atoms. The number of hydrogen-bond acceptors (Lipinski definition) is 3. The van der Waals surface area contributed by atoms with Gasteiger partial charge in [0.2, 0.25) is 0 Å². The van der Waals surface area contributed by atoms with Gasteiger partial charge in [0, 0.05) is 16.6 Å². The summed E-state index contributed by atoms with van der Waals surface area (Å²) in [5.74, 6) is 0.970. The zero-order chi connectivity index (χ0) is 12.6. The molecule has 5 heteroatoms. The highest BCUT2D eigenvalue weighted by molar-refractivity contribution is 7.14. The van der Waals surface area contributed by atoms with Crippen molar-refractivity contribution in [1.29, 1.82) is 0 Å². The quantitative estimate of drug-likeness (QED) is 0.731. The monoisotopic (exact) mass is 286 g/mol. The Balaban J connectivity index is 2.52. The highest BCUT2D eigenvalue weighted by Gasteiger charge is 2.14. The third-order valence-electron chi connectivity index (χ3n) is 2.45. The van der Waals surface area contributed by atoms with E-state index in [1.165, 1.54) is 11.3 Å². The molecule has 0 aliphatic carbocycles. The van der Waals surface area contributed by atoms with Crippen LogP contribution in [0.3, 0.4) is 0 Å². The Labute approximate surface area is 115 Å². The molecule has 2 aromatic rings. The molecule has 17 heavy (non-hydrogen) atoms. The maximum absolute atomic E-state index is 6.21. The van der Waals surface area contributed by atoms with Crippen LogP contribution < -0.4 is 0 Å². The minimum absolute atomic E-state index is 0.323. The van der Waals surface area contributed by atoms with E-state index in [1.807, 2.05) is 18.4 Å². The Morgan fingerprint density at radius 2 is 1.94 bits per heavy atom. The minimum Gasteiger partial charge on any atom is -0.232 e. The molecule has 2 nitrogen and oxygen atoms in total. The average molecular weight is 287 g/mol. The molecule has 0 amide bonds. The molecule has 0 radical (unpaired) electrons. The van der Waals surface area contributed by atoms with Crippen molar-refractivity contribution in [3.63, 3.8) is 0 Å².